The molecule has 1 spiro atoms. The normalized spacial score (nSPS) is 20.1. The van der Waals surface area contributed by atoms with Crippen LogP contribution in [0, 0.1) is 5.41 Å². The van der Waals surface area contributed by atoms with Crippen molar-refractivity contribution in [1.82, 2.24) is 15.3 Å². The first-order chi connectivity index (χ1) is 15.2. The molecule has 6 heteroatoms. The molecule has 1 unspecified atom stereocenters. The fourth-order valence-electron chi connectivity index (χ4n) is 4.70. The Morgan fingerprint density at radius 2 is 1.75 bits per heavy atom. The summed E-state index contributed by atoms with van der Waals surface area (Å²) >= 11 is 0. The summed E-state index contributed by atoms with van der Waals surface area (Å²) in [5, 5.41) is 14.2. The molecule has 0 saturated carbocycles. The molecule has 6 nitrogen and oxygen atoms in total. The van der Waals surface area contributed by atoms with Gasteiger partial charge in [-0.25, -0.2) is 9.97 Å². The topological polar surface area (TPSA) is 93.3 Å². The Morgan fingerprint density at radius 1 is 1.06 bits per heavy atom. The SMILES string of the molecule is CC(C)(C)C[C@H](O)c1ccc2c(c1)C1(C=C(N)NC1)c1cc(-c3cncnc3)ccc1O2. The van der Waals surface area contributed by atoms with Gasteiger partial charge in [0, 0.05) is 35.6 Å². The number of nitrogens with zero attached hydrogens (tertiary/aromatic N) is 2. The van der Waals surface area contributed by atoms with Crippen molar-refractivity contribution in [3.63, 3.8) is 0 Å². The summed E-state index contributed by atoms with van der Waals surface area (Å²) in [5.74, 6) is 2.22. The Hall–Kier alpha value is -3.38. The maximum Gasteiger partial charge on any atom is 0.131 e. The van der Waals surface area contributed by atoms with E-state index in [1.54, 1.807) is 12.4 Å². The molecule has 0 fully saturated rings. The predicted molar refractivity (Wildman–Crippen MR) is 124 cm³/mol. The molecule has 2 aromatic carbocycles. The van der Waals surface area contributed by atoms with Gasteiger partial charge in [0.25, 0.3) is 0 Å². The molecule has 1 aromatic heterocycles. The van der Waals surface area contributed by atoms with Crippen molar-refractivity contribution in [2.24, 2.45) is 11.1 Å². The summed E-state index contributed by atoms with van der Waals surface area (Å²) in [4.78, 5) is 8.31. The number of benzene rings is 2. The quantitative estimate of drug-likeness (QED) is 0.572. The Bertz CT molecular complexity index is 1200. The van der Waals surface area contributed by atoms with Crippen molar-refractivity contribution < 1.29 is 9.84 Å². The van der Waals surface area contributed by atoms with Crippen LogP contribution >= 0.6 is 0 Å². The minimum Gasteiger partial charge on any atom is -0.457 e. The van der Waals surface area contributed by atoms with Crippen LogP contribution in [0.25, 0.3) is 11.1 Å². The maximum atomic E-state index is 10.9. The van der Waals surface area contributed by atoms with Crippen LogP contribution in [0.4, 0.5) is 0 Å². The standard InChI is InChI=1S/C26H28N4O2/c1-25(2,3)10-21(31)17-5-7-23-20(9-17)26(11-24(27)30-14-26)19-8-16(4-6-22(19)32-23)18-12-28-15-29-13-18/h4-9,11-13,15,21,30-31H,10,14,27H2,1-3H3/t21-,26?/m0/s1. The third-order valence-electron chi connectivity index (χ3n) is 6.22. The molecule has 2 atom stereocenters. The molecule has 164 valence electrons. The van der Waals surface area contributed by atoms with Gasteiger partial charge in [0.15, 0.2) is 0 Å². The van der Waals surface area contributed by atoms with Crippen molar-refractivity contribution >= 4 is 0 Å². The molecule has 4 N–H and O–H groups in total. The summed E-state index contributed by atoms with van der Waals surface area (Å²) in [6, 6.07) is 12.1. The zero-order chi connectivity index (χ0) is 22.5. The number of hydrogen-bond donors (Lipinski definition) is 3. The van der Waals surface area contributed by atoms with Gasteiger partial charge >= 0.3 is 0 Å². The average molecular weight is 429 g/mol. The third kappa shape index (κ3) is 3.50. The smallest absolute Gasteiger partial charge is 0.131 e. The van der Waals surface area contributed by atoms with Gasteiger partial charge in [-0.05, 0) is 53.3 Å². The van der Waals surface area contributed by atoms with Crippen molar-refractivity contribution in [3.8, 4) is 22.6 Å². The van der Waals surface area contributed by atoms with Gasteiger partial charge in [0.2, 0.25) is 0 Å². The molecule has 0 aliphatic carbocycles. The molecule has 2 aliphatic heterocycles. The second-order valence-corrected chi connectivity index (χ2v) is 9.90. The number of fused-ring (bicyclic) bond motifs is 4. The first-order valence-corrected chi connectivity index (χ1v) is 10.9. The summed E-state index contributed by atoms with van der Waals surface area (Å²) in [7, 11) is 0. The maximum absolute atomic E-state index is 10.9. The Balaban J connectivity index is 1.65. The van der Waals surface area contributed by atoms with E-state index in [0.29, 0.717) is 18.8 Å². The van der Waals surface area contributed by atoms with Crippen molar-refractivity contribution in [2.75, 3.05) is 6.54 Å². The number of aliphatic hydroxyl groups excluding tert-OH is 1. The largest absolute Gasteiger partial charge is 0.457 e. The van der Waals surface area contributed by atoms with Crippen molar-refractivity contribution in [1.29, 1.82) is 0 Å². The molecule has 32 heavy (non-hydrogen) atoms. The molecule has 2 aliphatic rings. The van der Waals surface area contributed by atoms with Crippen LogP contribution in [0.15, 0.2) is 67.0 Å². The Kier molecular flexibility index (Phi) is 4.71. The average Bonchev–Trinajstić information content (AvgIpc) is 3.15. The second kappa shape index (κ2) is 7.35. The zero-order valence-electron chi connectivity index (χ0n) is 18.6. The highest BCUT2D eigenvalue weighted by Crippen LogP contribution is 2.52. The van der Waals surface area contributed by atoms with Crippen LogP contribution in [0.2, 0.25) is 0 Å². The van der Waals surface area contributed by atoms with Gasteiger partial charge in [-0.3, -0.25) is 0 Å². The highest BCUT2D eigenvalue weighted by Gasteiger charge is 2.44. The lowest BCUT2D eigenvalue weighted by molar-refractivity contribution is 0.122. The molecule has 0 bridgehead atoms. The lowest BCUT2D eigenvalue weighted by atomic mass is 9.72. The van der Waals surface area contributed by atoms with E-state index in [1.165, 1.54) is 6.33 Å². The lowest BCUT2D eigenvalue weighted by Crippen LogP contribution is -2.34. The van der Waals surface area contributed by atoms with Gasteiger partial charge in [-0.2, -0.15) is 0 Å². The number of rotatable bonds is 3. The number of aliphatic hydroxyl groups is 1. The minimum atomic E-state index is -0.553. The lowest BCUT2D eigenvalue weighted by Gasteiger charge is -2.36. The number of nitrogens with one attached hydrogen (secondary N) is 1. The van der Waals surface area contributed by atoms with E-state index in [0.717, 1.165) is 39.3 Å². The third-order valence-corrected chi connectivity index (χ3v) is 6.22. The van der Waals surface area contributed by atoms with Crippen molar-refractivity contribution in [3.05, 3.63) is 83.7 Å². The summed E-state index contributed by atoms with van der Waals surface area (Å²) in [5.41, 5.74) is 10.6. The Morgan fingerprint density at radius 3 is 2.41 bits per heavy atom. The van der Waals surface area contributed by atoms with Gasteiger partial charge in [0.05, 0.1) is 17.3 Å². The molecule has 0 saturated heterocycles. The molecule has 0 amide bonds. The first kappa shape index (κ1) is 20.5. The van der Waals surface area contributed by atoms with Gasteiger partial charge in [0.1, 0.15) is 17.8 Å². The fourth-order valence-corrected chi connectivity index (χ4v) is 4.70. The van der Waals surface area contributed by atoms with Crippen LogP contribution in [0.3, 0.4) is 0 Å². The Labute approximate surface area is 188 Å². The highest BCUT2D eigenvalue weighted by atomic mass is 16.5. The number of ether oxygens (including phenoxy) is 1. The molecular weight excluding hydrogens is 400 g/mol. The molecule has 5 rings (SSSR count). The predicted octanol–water partition coefficient (Wildman–Crippen LogP) is 4.41. The van der Waals surface area contributed by atoms with Gasteiger partial charge in [-0.15, -0.1) is 0 Å². The van der Waals surface area contributed by atoms with E-state index < -0.39 is 11.5 Å². The molecule has 3 heterocycles. The van der Waals surface area contributed by atoms with Crippen LogP contribution < -0.4 is 15.8 Å². The fraction of sp³-hybridized carbons (Fsp3) is 0.308. The van der Waals surface area contributed by atoms with Gasteiger partial charge < -0.3 is 20.9 Å². The second-order valence-electron chi connectivity index (χ2n) is 9.90. The summed E-state index contributed by atoms with van der Waals surface area (Å²) in [6.07, 6.45) is 7.32. The minimum absolute atomic E-state index is 0.0159. The first-order valence-electron chi connectivity index (χ1n) is 10.9. The van der Waals surface area contributed by atoms with Crippen LogP contribution in [-0.2, 0) is 5.41 Å². The molecule has 3 aromatic rings. The number of aromatic nitrogens is 2. The summed E-state index contributed by atoms with van der Waals surface area (Å²) in [6.45, 7) is 7.02. The van der Waals surface area contributed by atoms with Crippen LogP contribution in [0.5, 0.6) is 11.5 Å². The van der Waals surface area contributed by atoms with Crippen LogP contribution in [-0.4, -0.2) is 21.6 Å². The van der Waals surface area contributed by atoms with E-state index in [9.17, 15) is 5.11 Å². The van der Waals surface area contributed by atoms with E-state index in [2.05, 4.69) is 54.3 Å². The van der Waals surface area contributed by atoms with Crippen molar-refractivity contribution in [2.45, 2.75) is 38.7 Å². The number of hydrogen-bond acceptors (Lipinski definition) is 6. The van der Waals surface area contributed by atoms with Crippen LogP contribution in [0.1, 0.15) is 50.0 Å². The summed E-state index contributed by atoms with van der Waals surface area (Å²) < 4.78 is 6.32. The van der Waals surface area contributed by atoms with E-state index in [1.807, 2.05) is 24.3 Å². The highest BCUT2D eigenvalue weighted by molar-refractivity contribution is 5.70. The van der Waals surface area contributed by atoms with E-state index in [4.69, 9.17) is 10.5 Å². The number of nitrogens with two attached hydrogens (primary N) is 1. The zero-order valence-corrected chi connectivity index (χ0v) is 18.6. The van der Waals surface area contributed by atoms with Gasteiger partial charge in [-0.1, -0.05) is 32.9 Å². The molecule has 0 radical (unpaired) electrons. The molecular formula is C26H28N4O2. The van der Waals surface area contributed by atoms with E-state index in [-0.39, 0.29) is 5.41 Å². The monoisotopic (exact) mass is 428 g/mol. The van der Waals surface area contributed by atoms with E-state index >= 15 is 0 Å².